The molecule has 0 aliphatic carbocycles. The molecule has 0 aliphatic heterocycles. The molecule has 0 saturated heterocycles. The van der Waals surface area contributed by atoms with Crippen molar-refractivity contribution in [1.82, 2.24) is 14.4 Å². The van der Waals surface area contributed by atoms with Crippen molar-refractivity contribution in [2.75, 3.05) is 33.8 Å². The summed E-state index contributed by atoms with van der Waals surface area (Å²) < 4.78 is 1.61. The van der Waals surface area contributed by atoms with Gasteiger partial charge >= 0.3 is 0 Å². The molecule has 1 N–H and O–H groups in total. The van der Waals surface area contributed by atoms with Gasteiger partial charge in [-0.2, -0.15) is 0 Å². The topological polar surface area (TPSA) is 65.8 Å². The van der Waals surface area contributed by atoms with E-state index in [4.69, 9.17) is 0 Å². The number of aromatic nitrogens is 1. The third-order valence-electron chi connectivity index (χ3n) is 3.87. The third kappa shape index (κ3) is 4.65. The average molecular weight is 323 g/mol. The zero-order chi connectivity index (χ0) is 17.7. The van der Waals surface area contributed by atoms with Crippen molar-refractivity contribution in [3.05, 3.63) is 33.7 Å². The molecule has 0 bridgehead atoms. The molecule has 0 fully saturated rings. The fourth-order valence-corrected chi connectivity index (χ4v) is 2.71. The van der Waals surface area contributed by atoms with Gasteiger partial charge < -0.3 is 19.5 Å². The molecule has 1 atom stereocenters. The normalized spacial score (nSPS) is 12.7. The third-order valence-corrected chi connectivity index (χ3v) is 3.87. The monoisotopic (exact) mass is 323 g/mol. The zero-order valence-corrected chi connectivity index (χ0v) is 15.0. The molecular formula is C17H29N3O3. The number of hydrogen-bond donors (Lipinski definition) is 1. The predicted molar refractivity (Wildman–Crippen MR) is 92.0 cm³/mol. The maximum absolute atomic E-state index is 12.8. The van der Waals surface area contributed by atoms with Gasteiger partial charge in [-0.1, -0.05) is 0 Å². The van der Waals surface area contributed by atoms with Crippen molar-refractivity contribution in [3.63, 3.8) is 0 Å². The molecule has 130 valence electrons. The number of carbonyl (C=O) groups excluding carboxylic acids is 1. The van der Waals surface area contributed by atoms with Gasteiger partial charge in [-0.15, -0.1) is 0 Å². The number of nitrogens with zero attached hydrogens (tertiary/aromatic N) is 3. The maximum Gasteiger partial charge on any atom is 0.263 e. The van der Waals surface area contributed by atoms with Gasteiger partial charge in [0.1, 0.15) is 5.56 Å². The Labute approximate surface area is 138 Å². The molecule has 6 heteroatoms. The number of aryl methyl sites for hydroxylation is 1. The van der Waals surface area contributed by atoms with E-state index in [0.29, 0.717) is 12.1 Å². The second-order valence-electron chi connectivity index (χ2n) is 6.51. The molecule has 0 radical (unpaired) electrons. The Kier molecular flexibility index (Phi) is 6.97. The van der Waals surface area contributed by atoms with Crippen LogP contribution in [0.1, 0.15) is 42.7 Å². The van der Waals surface area contributed by atoms with Crippen molar-refractivity contribution in [2.24, 2.45) is 0 Å². The summed E-state index contributed by atoms with van der Waals surface area (Å²) in [7, 11) is 3.90. The standard InChI is InChI=1S/C17H29N3O3/c1-12(2)19(9-10-21)16(22)15-13(3)7-8-20(17(15)23)14(4)11-18(5)6/h7-8,12,14,21H,9-11H2,1-6H3. The lowest BCUT2D eigenvalue weighted by atomic mass is 10.1. The van der Waals surface area contributed by atoms with E-state index in [0.717, 1.165) is 0 Å². The SMILES string of the molecule is Cc1ccn(C(C)CN(C)C)c(=O)c1C(=O)N(CCO)C(C)C. The summed E-state index contributed by atoms with van der Waals surface area (Å²) in [5, 5.41) is 9.18. The van der Waals surface area contributed by atoms with Crippen LogP contribution in [0.3, 0.4) is 0 Å². The van der Waals surface area contributed by atoms with Crippen LogP contribution in [0.2, 0.25) is 0 Å². The van der Waals surface area contributed by atoms with Crippen LogP contribution in [-0.2, 0) is 0 Å². The van der Waals surface area contributed by atoms with Crippen molar-refractivity contribution in [2.45, 2.75) is 39.8 Å². The number of likely N-dealkylation sites (N-methyl/N-ethyl adjacent to an activating group) is 1. The quantitative estimate of drug-likeness (QED) is 0.817. The first-order valence-corrected chi connectivity index (χ1v) is 7.99. The predicted octanol–water partition coefficient (Wildman–Crippen LogP) is 1.12. The summed E-state index contributed by atoms with van der Waals surface area (Å²) in [6, 6.07) is 1.69. The highest BCUT2D eigenvalue weighted by atomic mass is 16.3. The van der Waals surface area contributed by atoms with Crippen molar-refractivity contribution in [3.8, 4) is 0 Å². The van der Waals surface area contributed by atoms with E-state index in [2.05, 4.69) is 0 Å². The minimum Gasteiger partial charge on any atom is -0.395 e. The number of aliphatic hydroxyl groups is 1. The number of pyridine rings is 1. The van der Waals surface area contributed by atoms with Crippen LogP contribution in [0.5, 0.6) is 0 Å². The molecular weight excluding hydrogens is 294 g/mol. The molecule has 1 rings (SSSR count). The molecule has 0 aliphatic rings. The number of amides is 1. The number of rotatable bonds is 7. The highest BCUT2D eigenvalue weighted by Gasteiger charge is 2.24. The molecule has 1 aromatic rings. The van der Waals surface area contributed by atoms with Crippen LogP contribution >= 0.6 is 0 Å². The van der Waals surface area contributed by atoms with E-state index in [9.17, 15) is 14.7 Å². The molecule has 1 aromatic heterocycles. The van der Waals surface area contributed by atoms with Crippen molar-refractivity contribution in [1.29, 1.82) is 0 Å². The molecule has 1 unspecified atom stereocenters. The molecule has 0 aromatic carbocycles. The minimum absolute atomic E-state index is 0.0324. The van der Waals surface area contributed by atoms with E-state index < -0.39 is 0 Å². The fourth-order valence-electron chi connectivity index (χ4n) is 2.71. The lowest BCUT2D eigenvalue weighted by molar-refractivity contribution is 0.0662. The largest absolute Gasteiger partial charge is 0.395 e. The summed E-state index contributed by atoms with van der Waals surface area (Å²) in [5.74, 6) is -0.317. The Hall–Kier alpha value is -1.66. The Morgan fingerprint density at radius 1 is 1.30 bits per heavy atom. The molecule has 1 amide bonds. The zero-order valence-electron chi connectivity index (χ0n) is 15.0. The van der Waals surface area contributed by atoms with E-state index in [1.54, 1.807) is 23.8 Å². The lowest BCUT2D eigenvalue weighted by Gasteiger charge is -2.27. The van der Waals surface area contributed by atoms with E-state index in [-0.39, 0.29) is 42.3 Å². The van der Waals surface area contributed by atoms with Crippen molar-refractivity contribution >= 4 is 5.91 Å². The molecule has 0 spiro atoms. The number of aliphatic hydroxyl groups excluding tert-OH is 1. The highest BCUT2D eigenvalue weighted by Crippen LogP contribution is 2.12. The first kappa shape index (κ1) is 19.4. The average Bonchev–Trinajstić information content (AvgIpc) is 2.43. The summed E-state index contributed by atoms with van der Waals surface area (Å²) in [5.41, 5.74) is 0.588. The van der Waals surface area contributed by atoms with Crippen LogP contribution in [0.25, 0.3) is 0 Å². The summed E-state index contributed by atoms with van der Waals surface area (Å²) in [6.07, 6.45) is 1.74. The molecule has 0 saturated carbocycles. The van der Waals surface area contributed by atoms with Gasteiger partial charge in [0.25, 0.3) is 11.5 Å². The van der Waals surface area contributed by atoms with Gasteiger partial charge in [-0.25, -0.2) is 0 Å². The second kappa shape index (κ2) is 8.26. The highest BCUT2D eigenvalue weighted by molar-refractivity contribution is 5.95. The van der Waals surface area contributed by atoms with E-state index >= 15 is 0 Å². The smallest absolute Gasteiger partial charge is 0.263 e. The fraction of sp³-hybridized carbons (Fsp3) is 0.647. The molecule has 6 nitrogen and oxygen atoms in total. The summed E-state index contributed by atoms with van der Waals surface area (Å²) in [6.45, 7) is 8.28. The molecule has 1 heterocycles. The van der Waals surface area contributed by atoms with Gasteiger partial charge in [-0.3, -0.25) is 9.59 Å². The Morgan fingerprint density at radius 2 is 1.91 bits per heavy atom. The van der Waals surface area contributed by atoms with E-state index in [1.165, 1.54) is 4.90 Å². The summed E-state index contributed by atoms with van der Waals surface area (Å²) >= 11 is 0. The minimum atomic E-state index is -0.317. The Balaban J connectivity index is 3.30. The first-order chi connectivity index (χ1) is 10.7. The first-order valence-electron chi connectivity index (χ1n) is 7.99. The number of hydrogen-bond acceptors (Lipinski definition) is 4. The van der Waals surface area contributed by atoms with Crippen LogP contribution in [0, 0.1) is 6.92 Å². The van der Waals surface area contributed by atoms with Gasteiger partial charge in [0.05, 0.1) is 6.61 Å². The van der Waals surface area contributed by atoms with Crippen LogP contribution in [0.15, 0.2) is 17.1 Å². The van der Waals surface area contributed by atoms with Gasteiger partial charge in [-0.05, 0) is 53.4 Å². The van der Waals surface area contributed by atoms with E-state index in [1.807, 2.05) is 39.8 Å². The van der Waals surface area contributed by atoms with Crippen LogP contribution in [0.4, 0.5) is 0 Å². The Morgan fingerprint density at radius 3 is 2.39 bits per heavy atom. The van der Waals surface area contributed by atoms with Gasteiger partial charge in [0, 0.05) is 31.4 Å². The lowest BCUT2D eigenvalue weighted by Crippen LogP contribution is -2.43. The summed E-state index contributed by atoms with van der Waals surface area (Å²) in [4.78, 5) is 29.2. The Bertz CT molecular complexity index is 593. The second-order valence-corrected chi connectivity index (χ2v) is 6.51. The molecule has 23 heavy (non-hydrogen) atoms. The van der Waals surface area contributed by atoms with Crippen LogP contribution in [-0.4, -0.2) is 65.2 Å². The maximum atomic E-state index is 12.8. The van der Waals surface area contributed by atoms with Crippen LogP contribution < -0.4 is 5.56 Å². The van der Waals surface area contributed by atoms with Crippen molar-refractivity contribution < 1.29 is 9.90 Å². The van der Waals surface area contributed by atoms with Gasteiger partial charge in [0.15, 0.2) is 0 Å². The van der Waals surface area contributed by atoms with Gasteiger partial charge in [0.2, 0.25) is 0 Å². The number of carbonyl (C=O) groups is 1.